The molecule has 2 rings (SSSR count). The Morgan fingerprint density at radius 1 is 1.32 bits per heavy atom. The Hall–Kier alpha value is -1.71. The molecule has 1 aromatic carbocycles. The van der Waals surface area contributed by atoms with Crippen molar-refractivity contribution in [2.45, 2.75) is 44.6 Å². The molecular formula is C15H22N2O2. The third-order valence-electron chi connectivity index (χ3n) is 3.84. The van der Waals surface area contributed by atoms with Crippen LogP contribution in [0, 0.1) is 0 Å². The summed E-state index contributed by atoms with van der Waals surface area (Å²) in [6, 6.07) is 5.12. The van der Waals surface area contributed by atoms with Crippen molar-refractivity contribution < 1.29 is 9.53 Å². The minimum absolute atomic E-state index is 0.0822. The zero-order valence-electron chi connectivity index (χ0n) is 11.7. The fraction of sp³-hybridized carbons (Fsp3) is 0.533. The van der Waals surface area contributed by atoms with Gasteiger partial charge in [0, 0.05) is 17.3 Å². The second-order valence-electron chi connectivity index (χ2n) is 5.54. The van der Waals surface area contributed by atoms with Gasteiger partial charge in [0.2, 0.25) is 0 Å². The minimum atomic E-state index is -0.0955. The number of methoxy groups -OCH3 is 1. The summed E-state index contributed by atoms with van der Waals surface area (Å²) in [6.07, 6.45) is 5.69. The number of nitrogen functional groups attached to an aromatic ring is 1. The van der Waals surface area contributed by atoms with E-state index in [0.29, 0.717) is 17.0 Å². The first-order valence-electron chi connectivity index (χ1n) is 6.80. The van der Waals surface area contributed by atoms with Crippen molar-refractivity contribution in [3.63, 3.8) is 0 Å². The highest BCUT2D eigenvalue weighted by Crippen LogP contribution is 2.29. The number of nitrogens with one attached hydrogen (secondary N) is 1. The minimum Gasteiger partial charge on any atom is -0.496 e. The van der Waals surface area contributed by atoms with Crippen LogP contribution in [0.2, 0.25) is 0 Å². The average molecular weight is 262 g/mol. The Morgan fingerprint density at radius 2 is 2.00 bits per heavy atom. The van der Waals surface area contributed by atoms with Crippen LogP contribution in [0.1, 0.15) is 49.4 Å². The van der Waals surface area contributed by atoms with Gasteiger partial charge in [-0.3, -0.25) is 4.79 Å². The van der Waals surface area contributed by atoms with Crippen LogP contribution < -0.4 is 15.8 Å². The molecule has 104 valence electrons. The van der Waals surface area contributed by atoms with Crippen LogP contribution in [0.3, 0.4) is 0 Å². The molecule has 0 radical (unpaired) electrons. The molecule has 0 bridgehead atoms. The molecule has 1 aliphatic rings. The summed E-state index contributed by atoms with van der Waals surface area (Å²) in [6.45, 7) is 2.12. The molecule has 1 aromatic rings. The van der Waals surface area contributed by atoms with Gasteiger partial charge in [0.15, 0.2) is 0 Å². The number of rotatable bonds is 3. The van der Waals surface area contributed by atoms with Crippen molar-refractivity contribution >= 4 is 11.6 Å². The lowest BCUT2D eigenvalue weighted by Crippen LogP contribution is -2.47. The number of amides is 1. The molecule has 0 saturated heterocycles. The van der Waals surface area contributed by atoms with E-state index < -0.39 is 0 Å². The maximum Gasteiger partial charge on any atom is 0.255 e. The average Bonchev–Trinajstić information content (AvgIpc) is 2.38. The third-order valence-corrected chi connectivity index (χ3v) is 3.84. The van der Waals surface area contributed by atoms with Crippen LogP contribution in [0.15, 0.2) is 18.2 Å². The number of benzene rings is 1. The van der Waals surface area contributed by atoms with Crippen molar-refractivity contribution in [2.75, 3.05) is 12.8 Å². The summed E-state index contributed by atoms with van der Waals surface area (Å²) in [4.78, 5) is 12.4. The Kier molecular flexibility index (Phi) is 3.98. The zero-order chi connectivity index (χ0) is 13.9. The van der Waals surface area contributed by atoms with Gasteiger partial charge in [-0.15, -0.1) is 0 Å². The Bertz CT molecular complexity index is 465. The van der Waals surface area contributed by atoms with Crippen LogP contribution >= 0.6 is 0 Å². The molecule has 19 heavy (non-hydrogen) atoms. The number of ether oxygens (including phenoxy) is 1. The molecule has 0 heterocycles. The first kappa shape index (κ1) is 13.7. The molecule has 0 unspecified atom stereocenters. The van der Waals surface area contributed by atoms with Gasteiger partial charge in [-0.05, 0) is 31.9 Å². The summed E-state index contributed by atoms with van der Waals surface area (Å²) in [7, 11) is 1.55. The first-order chi connectivity index (χ1) is 9.04. The highest BCUT2D eigenvalue weighted by Gasteiger charge is 2.29. The number of nitrogens with two attached hydrogens (primary N) is 1. The van der Waals surface area contributed by atoms with E-state index in [1.807, 2.05) is 0 Å². The Morgan fingerprint density at radius 3 is 2.63 bits per heavy atom. The fourth-order valence-corrected chi connectivity index (χ4v) is 2.69. The second-order valence-corrected chi connectivity index (χ2v) is 5.54. The maximum absolute atomic E-state index is 12.4. The molecule has 1 saturated carbocycles. The molecule has 1 amide bonds. The van der Waals surface area contributed by atoms with Crippen molar-refractivity contribution in [1.29, 1.82) is 0 Å². The van der Waals surface area contributed by atoms with Gasteiger partial charge < -0.3 is 15.8 Å². The van der Waals surface area contributed by atoms with Gasteiger partial charge >= 0.3 is 0 Å². The summed E-state index contributed by atoms with van der Waals surface area (Å²) in [5, 5.41) is 3.15. The smallest absolute Gasteiger partial charge is 0.255 e. The predicted octanol–water partition coefficient (Wildman–Crippen LogP) is 2.73. The SMILES string of the molecule is COc1cc(N)ccc1C(=O)NC1(C)CCCCC1. The molecule has 0 aromatic heterocycles. The molecule has 4 nitrogen and oxygen atoms in total. The van der Waals surface area contributed by atoms with Crippen LogP contribution in [-0.2, 0) is 0 Å². The van der Waals surface area contributed by atoms with Crippen LogP contribution in [0.4, 0.5) is 5.69 Å². The molecule has 1 fully saturated rings. The fourth-order valence-electron chi connectivity index (χ4n) is 2.69. The van der Waals surface area contributed by atoms with Crippen LogP contribution in [0.25, 0.3) is 0 Å². The van der Waals surface area contributed by atoms with E-state index in [9.17, 15) is 4.79 Å². The summed E-state index contributed by atoms with van der Waals surface area (Å²) in [5.41, 5.74) is 6.75. The maximum atomic E-state index is 12.4. The molecule has 0 atom stereocenters. The highest BCUT2D eigenvalue weighted by molar-refractivity contribution is 5.97. The lowest BCUT2D eigenvalue weighted by atomic mass is 9.83. The Labute approximate surface area is 114 Å². The molecule has 3 N–H and O–H groups in total. The quantitative estimate of drug-likeness (QED) is 0.823. The van der Waals surface area contributed by atoms with Gasteiger partial charge in [-0.1, -0.05) is 19.3 Å². The summed E-state index contributed by atoms with van der Waals surface area (Å²) >= 11 is 0. The van der Waals surface area contributed by atoms with E-state index in [0.717, 1.165) is 12.8 Å². The zero-order valence-corrected chi connectivity index (χ0v) is 11.7. The van der Waals surface area contributed by atoms with Crippen LogP contribution in [0.5, 0.6) is 5.75 Å². The molecule has 1 aliphatic carbocycles. The van der Waals surface area contributed by atoms with E-state index in [-0.39, 0.29) is 11.4 Å². The van der Waals surface area contributed by atoms with E-state index in [4.69, 9.17) is 10.5 Å². The molecule has 0 spiro atoms. The Balaban J connectivity index is 2.15. The molecule has 4 heteroatoms. The van der Waals surface area contributed by atoms with E-state index >= 15 is 0 Å². The van der Waals surface area contributed by atoms with Crippen LogP contribution in [-0.4, -0.2) is 18.6 Å². The molecule has 0 aliphatic heterocycles. The van der Waals surface area contributed by atoms with Gasteiger partial charge in [0.05, 0.1) is 12.7 Å². The van der Waals surface area contributed by atoms with Crippen molar-refractivity contribution in [3.05, 3.63) is 23.8 Å². The number of carbonyl (C=O) groups is 1. The highest BCUT2D eigenvalue weighted by atomic mass is 16.5. The number of hydrogen-bond acceptors (Lipinski definition) is 3. The monoisotopic (exact) mass is 262 g/mol. The summed E-state index contributed by atoms with van der Waals surface area (Å²) in [5.74, 6) is 0.443. The van der Waals surface area contributed by atoms with E-state index in [2.05, 4.69) is 12.2 Å². The number of anilines is 1. The van der Waals surface area contributed by atoms with Gasteiger partial charge in [-0.2, -0.15) is 0 Å². The first-order valence-corrected chi connectivity index (χ1v) is 6.80. The van der Waals surface area contributed by atoms with E-state index in [1.165, 1.54) is 19.3 Å². The van der Waals surface area contributed by atoms with Gasteiger partial charge in [0.1, 0.15) is 5.75 Å². The largest absolute Gasteiger partial charge is 0.496 e. The van der Waals surface area contributed by atoms with Gasteiger partial charge in [0.25, 0.3) is 5.91 Å². The normalized spacial score (nSPS) is 17.8. The number of carbonyl (C=O) groups excluding carboxylic acids is 1. The predicted molar refractivity (Wildman–Crippen MR) is 76.4 cm³/mol. The summed E-state index contributed by atoms with van der Waals surface area (Å²) < 4.78 is 5.23. The second kappa shape index (κ2) is 5.51. The van der Waals surface area contributed by atoms with Crippen molar-refractivity contribution in [3.8, 4) is 5.75 Å². The number of hydrogen-bond donors (Lipinski definition) is 2. The van der Waals surface area contributed by atoms with Crippen molar-refractivity contribution in [2.24, 2.45) is 0 Å². The van der Waals surface area contributed by atoms with Crippen molar-refractivity contribution in [1.82, 2.24) is 5.32 Å². The lowest BCUT2D eigenvalue weighted by Gasteiger charge is -2.34. The molecular weight excluding hydrogens is 240 g/mol. The van der Waals surface area contributed by atoms with E-state index in [1.54, 1.807) is 25.3 Å². The van der Waals surface area contributed by atoms with Gasteiger partial charge in [-0.25, -0.2) is 0 Å². The third kappa shape index (κ3) is 3.19. The standard InChI is InChI=1S/C15H22N2O2/c1-15(8-4-3-5-9-15)17-14(18)12-7-6-11(16)10-13(12)19-2/h6-7,10H,3-5,8-9,16H2,1-2H3,(H,17,18). The lowest BCUT2D eigenvalue weighted by molar-refractivity contribution is 0.0879. The topological polar surface area (TPSA) is 64.3 Å².